The van der Waals surface area contributed by atoms with Gasteiger partial charge in [0.05, 0.1) is 5.69 Å². The molecule has 0 spiro atoms. The molecule has 0 atom stereocenters. The van der Waals surface area contributed by atoms with Crippen molar-refractivity contribution in [1.82, 2.24) is 14.9 Å². The first-order valence-corrected chi connectivity index (χ1v) is 11.9. The van der Waals surface area contributed by atoms with E-state index >= 15 is 0 Å². The van der Waals surface area contributed by atoms with E-state index in [4.69, 9.17) is 11.6 Å². The molecule has 0 aliphatic carbocycles. The Bertz CT molecular complexity index is 1150. The van der Waals surface area contributed by atoms with Crippen molar-refractivity contribution in [2.24, 2.45) is 0 Å². The van der Waals surface area contributed by atoms with Gasteiger partial charge in [-0.1, -0.05) is 81.6 Å². The Balaban J connectivity index is 1.35. The Hall–Kier alpha value is -2.41. The summed E-state index contributed by atoms with van der Waals surface area (Å²) in [5.41, 5.74) is 3.66. The number of anilines is 1. The summed E-state index contributed by atoms with van der Waals surface area (Å²) in [5.74, 6) is 0.285. The average Bonchev–Trinajstić information content (AvgIpc) is 2.78. The number of hydrogen-bond acceptors (Lipinski definition) is 4. The summed E-state index contributed by atoms with van der Waals surface area (Å²) >= 11 is 9.85. The van der Waals surface area contributed by atoms with Crippen LogP contribution in [-0.2, 0) is 0 Å². The molecule has 2 N–H and O–H groups in total. The molecule has 1 aliphatic heterocycles. The third kappa shape index (κ3) is 5.88. The van der Waals surface area contributed by atoms with Crippen molar-refractivity contribution in [3.05, 3.63) is 85.7 Å². The van der Waals surface area contributed by atoms with E-state index in [-0.39, 0.29) is 22.6 Å². The highest BCUT2D eigenvalue weighted by atomic mass is 79.9. The minimum atomic E-state index is -0.256. The summed E-state index contributed by atoms with van der Waals surface area (Å²) in [6, 6.07) is 18.2. The Labute approximate surface area is 201 Å². The molecule has 1 saturated heterocycles. The van der Waals surface area contributed by atoms with Crippen LogP contribution in [0.4, 0.5) is 5.82 Å². The zero-order valence-electron chi connectivity index (χ0n) is 17.9. The van der Waals surface area contributed by atoms with Gasteiger partial charge in [0.2, 0.25) is 0 Å². The van der Waals surface area contributed by atoms with Crippen LogP contribution in [0.3, 0.4) is 0 Å². The van der Waals surface area contributed by atoms with Crippen molar-refractivity contribution in [2.75, 3.05) is 25.0 Å². The van der Waals surface area contributed by atoms with Gasteiger partial charge in [0, 0.05) is 35.7 Å². The number of piperidine rings is 1. The zero-order chi connectivity index (χ0) is 22.5. The van der Waals surface area contributed by atoms with Crippen molar-refractivity contribution in [3.8, 4) is 11.3 Å². The molecule has 2 aromatic carbocycles. The van der Waals surface area contributed by atoms with Gasteiger partial charge in [-0.3, -0.25) is 9.69 Å². The standard InChI is InChI=1S/C25H26BrClN4O/c1-17(14-18-6-3-2-4-7-18)16-31-12-10-21(11-13-31)28-24-25(32)29-22(23(27)30-24)19-8-5-9-20(26)15-19/h2-9,14-15,21H,10-13,16H2,1H3,(H,28,30)(H,29,32)/b17-14+. The first-order chi connectivity index (χ1) is 15.5. The third-order valence-corrected chi connectivity index (χ3v) is 6.36. The number of halogens is 2. The summed E-state index contributed by atoms with van der Waals surface area (Å²) in [7, 11) is 0. The smallest absolute Gasteiger partial charge is 0.291 e. The van der Waals surface area contributed by atoms with Crippen LogP contribution in [0.2, 0.25) is 5.15 Å². The number of H-pyrrole nitrogens is 1. The topological polar surface area (TPSA) is 61.0 Å². The molecule has 1 aliphatic rings. The predicted molar refractivity (Wildman–Crippen MR) is 136 cm³/mol. The van der Waals surface area contributed by atoms with Crippen LogP contribution in [-0.4, -0.2) is 40.5 Å². The van der Waals surface area contributed by atoms with Crippen LogP contribution in [0.25, 0.3) is 17.3 Å². The SMILES string of the molecule is C/C(=C\c1ccccc1)CN1CCC(Nc2nc(Cl)c(-c3cccc(Br)c3)[nH]c2=O)CC1. The number of likely N-dealkylation sites (tertiary alicyclic amines) is 1. The number of hydrogen-bond donors (Lipinski definition) is 2. The normalized spacial score (nSPS) is 15.7. The number of aromatic amines is 1. The first-order valence-electron chi connectivity index (χ1n) is 10.7. The molecular weight excluding hydrogens is 488 g/mol. The van der Waals surface area contributed by atoms with Crippen LogP contribution < -0.4 is 10.9 Å². The number of benzene rings is 2. The van der Waals surface area contributed by atoms with Gasteiger partial charge < -0.3 is 10.3 Å². The highest BCUT2D eigenvalue weighted by Crippen LogP contribution is 2.26. The molecular formula is C25H26BrClN4O. The Morgan fingerprint density at radius 3 is 2.69 bits per heavy atom. The Morgan fingerprint density at radius 1 is 1.22 bits per heavy atom. The van der Waals surface area contributed by atoms with Crippen LogP contribution in [0.5, 0.6) is 0 Å². The van der Waals surface area contributed by atoms with Crippen molar-refractivity contribution >= 4 is 39.4 Å². The fourth-order valence-electron chi connectivity index (χ4n) is 4.02. The van der Waals surface area contributed by atoms with E-state index in [1.165, 1.54) is 11.1 Å². The molecule has 166 valence electrons. The van der Waals surface area contributed by atoms with Crippen LogP contribution >= 0.6 is 27.5 Å². The van der Waals surface area contributed by atoms with Gasteiger partial charge in [-0.05, 0) is 37.5 Å². The number of nitrogens with one attached hydrogen (secondary N) is 2. The van der Waals surface area contributed by atoms with E-state index < -0.39 is 0 Å². The van der Waals surface area contributed by atoms with E-state index in [1.54, 1.807) is 0 Å². The molecule has 0 amide bonds. The van der Waals surface area contributed by atoms with E-state index in [0.717, 1.165) is 42.5 Å². The minimum Gasteiger partial charge on any atom is -0.363 e. The maximum atomic E-state index is 12.6. The Kier molecular flexibility index (Phi) is 7.45. The van der Waals surface area contributed by atoms with Gasteiger partial charge in [-0.2, -0.15) is 0 Å². The van der Waals surface area contributed by atoms with E-state index in [9.17, 15) is 4.79 Å². The molecule has 7 heteroatoms. The van der Waals surface area contributed by atoms with Gasteiger partial charge in [0.1, 0.15) is 0 Å². The fourth-order valence-corrected chi connectivity index (χ4v) is 4.66. The van der Waals surface area contributed by atoms with Crippen molar-refractivity contribution < 1.29 is 0 Å². The highest BCUT2D eigenvalue weighted by molar-refractivity contribution is 9.10. The number of aromatic nitrogens is 2. The first kappa shape index (κ1) is 22.8. The van der Waals surface area contributed by atoms with Gasteiger partial charge in [0.15, 0.2) is 11.0 Å². The Morgan fingerprint density at radius 2 is 1.97 bits per heavy atom. The number of rotatable bonds is 6. The lowest BCUT2D eigenvalue weighted by atomic mass is 10.0. The van der Waals surface area contributed by atoms with Crippen molar-refractivity contribution in [3.63, 3.8) is 0 Å². The van der Waals surface area contributed by atoms with Gasteiger partial charge in [0.25, 0.3) is 5.56 Å². The minimum absolute atomic E-state index is 0.200. The summed E-state index contributed by atoms with van der Waals surface area (Å²) in [5, 5.41) is 3.59. The maximum Gasteiger partial charge on any atom is 0.291 e. The lowest BCUT2D eigenvalue weighted by Crippen LogP contribution is -2.40. The van der Waals surface area contributed by atoms with E-state index in [0.29, 0.717) is 5.69 Å². The monoisotopic (exact) mass is 512 g/mol. The molecule has 3 aromatic rings. The third-order valence-electron chi connectivity index (χ3n) is 5.60. The molecule has 0 unspecified atom stereocenters. The lowest BCUT2D eigenvalue weighted by molar-refractivity contribution is 0.236. The number of nitrogens with zero attached hydrogens (tertiary/aromatic N) is 2. The van der Waals surface area contributed by atoms with Gasteiger partial charge in [-0.15, -0.1) is 0 Å². The van der Waals surface area contributed by atoms with Crippen LogP contribution in [0.15, 0.2) is 69.4 Å². The highest BCUT2D eigenvalue weighted by Gasteiger charge is 2.21. The molecule has 2 heterocycles. The van der Waals surface area contributed by atoms with E-state index in [2.05, 4.69) is 73.4 Å². The quantitative estimate of drug-likeness (QED) is 0.435. The summed E-state index contributed by atoms with van der Waals surface area (Å²) in [4.78, 5) is 22.3. The maximum absolute atomic E-state index is 12.6. The predicted octanol–water partition coefficient (Wildman–Crippen LogP) is 5.83. The van der Waals surface area contributed by atoms with E-state index in [1.807, 2.05) is 30.3 Å². The molecule has 4 rings (SSSR count). The van der Waals surface area contributed by atoms with Gasteiger partial charge >= 0.3 is 0 Å². The van der Waals surface area contributed by atoms with Crippen LogP contribution in [0, 0.1) is 0 Å². The molecule has 32 heavy (non-hydrogen) atoms. The van der Waals surface area contributed by atoms with Gasteiger partial charge in [-0.25, -0.2) is 4.98 Å². The summed E-state index contributed by atoms with van der Waals surface area (Å²) in [6.45, 7) is 5.07. The zero-order valence-corrected chi connectivity index (χ0v) is 20.3. The largest absolute Gasteiger partial charge is 0.363 e. The molecule has 0 bridgehead atoms. The summed E-state index contributed by atoms with van der Waals surface area (Å²) in [6.07, 6.45) is 4.14. The average molecular weight is 514 g/mol. The van der Waals surface area contributed by atoms with Crippen LogP contribution in [0.1, 0.15) is 25.3 Å². The second kappa shape index (κ2) is 10.5. The second-order valence-electron chi connectivity index (χ2n) is 8.19. The van der Waals surface area contributed by atoms with Crippen molar-refractivity contribution in [1.29, 1.82) is 0 Å². The molecule has 5 nitrogen and oxygen atoms in total. The fraction of sp³-hybridized carbons (Fsp3) is 0.280. The molecule has 0 saturated carbocycles. The second-order valence-corrected chi connectivity index (χ2v) is 9.46. The summed E-state index contributed by atoms with van der Waals surface area (Å²) < 4.78 is 0.912. The van der Waals surface area contributed by atoms with Crippen molar-refractivity contribution in [2.45, 2.75) is 25.8 Å². The molecule has 1 aromatic heterocycles. The molecule has 1 fully saturated rings. The lowest BCUT2D eigenvalue weighted by Gasteiger charge is -2.32. The molecule has 0 radical (unpaired) electrons.